The van der Waals surface area contributed by atoms with Crippen LogP contribution in [0.25, 0.3) is 0 Å². The lowest BCUT2D eigenvalue weighted by Crippen LogP contribution is -2.30. The van der Waals surface area contributed by atoms with Crippen molar-refractivity contribution in [3.05, 3.63) is 70.8 Å². The molecule has 0 spiro atoms. The van der Waals surface area contributed by atoms with Gasteiger partial charge in [-0.1, -0.05) is 26.0 Å². The molecule has 1 unspecified atom stereocenters. The molecule has 0 saturated carbocycles. The number of carbonyl (C=O) groups is 1. The van der Waals surface area contributed by atoms with Gasteiger partial charge in [-0.25, -0.2) is 4.39 Å². The van der Waals surface area contributed by atoms with E-state index in [1.54, 1.807) is 49.5 Å². The van der Waals surface area contributed by atoms with Crippen LogP contribution in [-0.2, 0) is 6.42 Å². The van der Waals surface area contributed by atoms with E-state index in [0.29, 0.717) is 28.8 Å². The van der Waals surface area contributed by atoms with Gasteiger partial charge in [0.25, 0.3) is 5.91 Å². The van der Waals surface area contributed by atoms with E-state index in [1.165, 1.54) is 12.1 Å². The first-order valence-electron chi connectivity index (χ1n) is 9.82. The van der Waals surface area contributed by atoms with Gasteiger partial charge >= 0.3 is 0 Å². The summed E-state index contributed by atoms with van der Waals surface area (Å²) in [7, 11) is 3.13. The molecule has 2 aromatic carbocycles. The highest BCUT2D eigenvalue weighted by Gasteiger charge is 2.43. The van der Waals surface area contributed by atoms with Crippen molar-refractivity contribution in [3.63, 3.8) is 0 Å². The van der Waals surface area contributed by atoms with Crippen LogP contribution in [0, 0.1) is 11.7 Å². The number of nitrogens with zero attached hydrogens (tertiary/aromatic N) is 2. The maximum Gasteiger partial charge on any atom is 0.277 e. The van der Waals surface area contributed by atoms with E-state index in [-0.39, 0.29) is 11.7 Å². The van der Waals surface area contributed by atoms with Crippen molar-refractivity contribution in [1.29, 1.82) is 0 Å². The number of aromatic nitrogens is 2. The Morgan fingerprint density at radius 1 is 1.13 bits per heavy atom. The number of hydrogen-bond donors (Lipinski definition) is 1. The van der Waals surface area contributed by atoms with Crippen molar-refractivity contribution in [2.45, 2.75) is 26.3 Å². The van der Waals surface area contributed by atoms with Crippen LogP contribution in [0.4, 0.5) is 10.1 Å². The average molecular weight is 409 g/mol. The van der Waals surface area contributed by atoms with Crippen LogP contribution in [0.15, 0.2) is 42.5 Å². The largest absolute Gasteiger partial charge is 0.497 e. The van der Waals surface area contributed by atoms with E-state index < -0.39 is 6.04 Å². The van der Waals surface area contributed by atoms with E-state index in [0.717, 1.165) is 23.2 Å². The van der Waals surface area contributed by atoms with Gasteiger partial charge in [0.15, 0.2) is 0 Å². The van der Waals surface area contributed by atoms with E-state index in [9.17, 15) is 9.18 Å². The predicted octanol–water partition coefficient (Wildman–Crippen LogP) is 4.51. The first-order valence-corrected chi connectivity index (χ1v) is 9.82. The second-order valence-electron chi connectivity index (χ2n) is 7.72. The number of carbonyl (C=O) groups excluding carboxylic acids is 1. The molecule has 0 radical (unpaired) electrons. The molecule has 2 heterocycles. The molecule has 0 bridgehead atoms. The van der Waals surface area contributed by atoms with Gasteiger partial charge in [0.1, 0.15) is 23.0 Å². The van der Waals surface area contributed by atoms with Gasteiger partial charge < -0.3 is 9.47 Å². The summed E-state index contributed by atoms with van der Waals surface area (Å²) in [6.45, 7) is 4.21. The normalized spacial score (nSPS) is 15.6. The van der Waals surface area contributed by atoms with Crippen LogP contribution in [0.2, 0.25) is 0 Å². The molecule has 1 aromatic heterocycles. The highest BCUT2D eigenvalue weighted by Crippen LogP contribution is 2.46. The maximum absolute atomic E-state index is 13.6. The van der Waals surface area contributed by atoms with Crippen molar-refractivity contribution in [3.8, 4) is 11.5 Å². The molecule has 30 heavy (non-hydrogen) atoms. The van der Waals surface area contributed by atoms with Crippen molar-refractivity contribution in [1.82, 2.24) is 10.2 Å². The number of rotatable bonds is 6. The monoisotopic (exact) mass is 409 g/mol. The van der Waals surface area contributed by atoms with E-state index >= 15 is 0 Å². The van der Waals surface area contributed by atoms with Crippen LogP contribution in [0.3, 0.4) is 0 Å². The SMILES string of the molecule is COc1ccc(OC)c(N2C(=O)c3[nH]nc(CC(C)C)c3C2c2ccc(F)cc2)c1. The molecule has 1 amide bonds. The fourth-order valence-electron chi connectivity index (χ4n) is 3.95. The Kier molecular flexibility index (Phi) is 5.20. The van der Waals surface area contributed by atoms with Crippen molar-refractivity contribution < 1.29 is 18.7 Å². The molecule has 1 aliphatic rings. The first kappa shape index (κ1) is 19.9. The van der Waals surface area contributed by atoms with Gasteiger partial charge in [0, 0.05) is 11.6 Å². The third-order valence-corrected chi connectivity index (χ3v) is 5.28. The van der Waals surface area contributed by atoms with Gasteiger partial charge in [-0.05, 0) is 42.2 Å². The molecule has 1 aliphatic heterocycles. The summed E-state index contributed by atoms with van der Waals surface area (Å²) in [4.78, 5) is 15.2. The number of H-pyrrole nitrogens is 1. The number of nitrogens with one attached hydrogen (secondary N) is 1. The molecule has 0 fully saturated rings. The summed E-state index contributed by atoms with van der Waals surface area (Å²) < 4.78 is 24.6. The smallest absolute Gasteiger partial charge is 0.277 e. The van der Waals surface area contributed by atoms with Crippen LogP contribution in [-0.4, -0.2) is 30.3 Å². The van der Waals surface area contributed by atoms with Gasteiger partial charge in [-0.3, -0.25) is 14.8 Å². The summed E-state index contributed by atoms with van der Waals surface area (Å²) >= 11 is 0. The lowest BCUT2D eigenvalue weighted by atomic mass is 9.95. The Labute approximate surface area is 174 Å². The number of methoxy groups -OCH3 is 2. The lowest BCUT2D eigenvalue weighted by Gasteiger charge is -2.28. The predicted molar refractivity (Wildman–Crippen MR) is 112 cm³/mol. The number of fused-ring (bicyclic) bond motifs is 1. The Balaban J connectivity index is 1.93. The molecule has 3 aromatic rings. The van der Waals surface area contributed by atoms with Crippen molar-refractivity contribution in [2.24, 2.45) is 5.92 Å². The van der Waals surface area contributed by atoms with E-state index in [1.807, 2.05) is 0 Å². The van der Waals surface area contributed by atoms with Crippen LogP contribution >= 0.6 is 0 Å². The summed E-state index contributed by atoms with van der Waals surface area (Å²) in [6.07, 6.45) is 0.722. The number of aromatic amines is 1. The zero-order valence-corrected chi connectivity index (χ0v) is 17.4. The molecule has 6 nitrogen and oxygen atoms in total. The second kappa shape index (κ2) is 7.82. The molecule has 156 valence electrons. The minimum atomic E-state index is -0.457. The number of hydrogen-bond acceptors (Lipinski definition) is 4. The molecule has 0 saturated heterocycles. The molecule has 1 atom stereocenters. The van der Waals surface area contributed by atoms with Gasteiger partial charge in [0.2, 0.25) is 0 Å². The number of anilines is 1. The number of amides is 1. The molecule has 1 N–H and O–H groups in total. The topological polar surface area (TPSA) is 67.5 Å². The second-order valence-corrected chi connectivity index (χ2v) is 7.72. The van der Waals surface area contributed by atoms with E-state index in [2.05, 4.69) is 24.0 Å². The fourth-order valence-corrected chi connectivity index (χ4v) is 3.95. The van der Waals surface area contributed by atoms with Crippen LogP contribution in [0.5, 0.6) is 11.5 Å². The molecule has 7 heteroatoms. The number of halogens is 1. The summed E-state index contributed by atoms with van der Waals surface area (Å²) in [5, 5.41) is 7.35. The molecular weight excluding hydrogens is 385 g/mol. The Morgan fingerprint density at radius 2 is 1.87 bits per heavy atom. The fraction of sp³-hybridized carbons (Fsp3) is 0.304. The Hall–Kier alpha value is -3.35. The average Bonchev–Trinajstić information content (AvgIpc) is 3.26. The minimum absolute atomic E-state index is 0.214. The zero-order chi connectivity index (χ0) is 21.4. The maximum atomic E-state index is 13.6. The van der Waals surface area contributed by atoms with Crippen molar-refractivity contribution in [2.75, 3.05) is 19.1 Å². The zero-order valence-electron chi connectivity index (χ0n) is 17.4. The first-order chi connectivity index (χ1) is 14.4. The van der Waals surface area contributed by atoms with Gasteiger partial charge in [0.05, 0.1) is 31.6 Å². The summed E-state index contributed by atoms with van der Waals surface area (Å²) in [6, 6.07) is 11.1. The van der Waals surface area contributed by atoms with Gasteiger partial charge in [-0.2, -0.15) is 5.10 Å². The van der Waals surface area contributed by atoms with Gasteiger partial charge in [-0.15, -0.1) is 0 Å². The van der Waals surface area contributed by atoms with Crippen LogP contribution in [0.1, 0.15) is 47.2 Å². The standard InChI is InChI=1S/C23H24FN3O3/c1-13(2)11-17-20-21(26-25-17)23(28)27(22(20)14-5-7-15(24)8-6-14)18-12-16(29-3)9-10-19(18)30-4/h5-10,12-13,22H,11H2,1-4H3,(H,25,26). The molecule has 0 aliphatic carbocycles. The molecule has 4 rings (SSSR count). The van der Waals surface area contributed by atoms with Crippen LogP contribution < -0.4 is 14.4 Å². The third-order valence-electron chi connectivity index (χ3n) is 5.28. The third kappa shape index (κ3) is 3.30. The van der Waals surface area contributed by atoms with E-state index in [4.69, 9.17) is 9.47 Å². The Morgan fingerprint density at radius 3 is 2.50 bits per heavy atom. The molecular formula is C23H24FN3O3. The summed E-state index contributed by atoms with van der Waals surface area (Å²) in [5.74, 6) is 0.964. The number of benzene rings is 2. The summed E-state index contributed by atoms with van der Waals surface area (Å²) in [5.41, 5.74) is 3.48. The Bertz CT molecular complexity index is 1080. The highest BCUT2D eigenvalue weighted by atomic mass is 19.1. The lowest BCUT2D eigenvalue weighted by molar-refractivity contribution is 0.0988. The minimum Gasteiger partial charge on any atom is -0.497 e. The van der Waals surface area contributed by atoms with Crippen molar-refractivity contribution >= 4 is 11.6 Å². The quantitative estimate of drug-likeness (QED) is 0.650. The highest BCUT2D eigenvalue weighted by molar-refractivity contribution is 6.11. The number of ether oxygens (including phenoxy) is 2.